The number of nitrogens with zero attached hydrogens (tertiary/aromatic N) is 2. The molecule has 0 saturated carbocycles. The van der Waals surface area contributed by atoms with Crippen molar-refractivity contribution in [3.05, 3.63) is 18.2 Å². The van der Waals surface area contributed by atoms with Gasteiger partial charge in [0.1, 0.15) is 5.60 Å². The third-order valence-corrected chi connectivity index (χ3v) is 4.03. The number of ether oxygens (including phenoxy) is 1. The van der Waals surface area contributed by atoms with E-state index in [1.807, 2.05) is 33.3 Å². The van der Waals surface area contributed by atoms with Gasteiger partial charge in [-0.3, -0.25) is 0 Å². The second kappa shape index (κ2) is 8.34. The van der Waals surface area contributed by atoms with Gasteiger partial charge in [0.2, 0.25) is 0 Å². The molecule has 0 atom stereocenters. The zero-order valence-electron chi connectivity index (χ0n) is 15.4. The molecule has 0 fully saturated rings. The van der Waals surface area contributed by atoms with E-state index in [1.54, 1.807) is 0 Å². The average Bonchev–Trinajstić information content (AvgIpc) is 2.91. The summed E-state index contributed by atoms with van der Waals surface area (Å²) in [7, 11) is 0. The average molecular weight is 324 g/mol. The molecule has 1 aromatic heterocycles. The fraction of sp³-hybridized carbons (Fsp3) is 0.765. The van der Waals surface area contributed by atoms with Crippen molar-refractivity contribution in [3.63, 3.8) is 0 Å². The monoisotopic (exact) mass is 324 g/mol. The van der Waals surface area contributed by atoms with Gasteiger partial charge in [-0.15, -0.1) is 0 Å². The summed E-state index contributed by atoms with van der Waals surface area (Å²) in [5, 5.41) is 6.49. The standard InChI is InChI=1S/C17H32N4O2/c1-7-17(8-2,20-15(22)23-16(4,5)6)12-18-10-14-11-19-13-21(14)9-3/h11,13,18H,7-10,12H2,1-6H3,(H,20,22). The van der Waals surface area contributed by atoms with Crippen LogP contribution >= 0.6 is 0 Å². The molecule has 1 aromatic rings. The van der Waals surface area contributed by atoms with Gasteiger partial charge in [0.25, 0.3) is 0 Å². The van der Waals surface area contributed by atoms with E-state index in [9.17, 15) is 4.79 Å². The summed E-state index contributed by atoms with van der Waals surface area (Å²) in [6.45, 7) is 14.2. The minimum Gasteiger partial charge on any atom is -0.444 e. The summed E-state index contributed by atoms with van der Waals surface area (Å²) in [6, 6.07) is 0. The zero-order valence-corrected chi connectivity index (χ0v) is 15.4. The van der Waals surface area contributed by atoms with E-state index in [2.05, 4.69) is 41.0 Å². The van der Waals surface area contributed by atoms with Crippen molar-refractivity contribution in [3.8, 4) is 0 Å². The Morgan fingerprint density at radius 1 is 1.26 bits per heavy atom. The highest BCUT2D eigenvalue weighted by Gasteiger charge is 2.30. The normalized spacial score (nSPS) is 12.3. The van der Waals surface area contributed by atoms with Crippen LogP contribution in [-0.2, 0) is 17.8 Å². The number of carbonyl (C=O) groups excluding carboxylic acids is 1. The largest absolute Gasteiger partial charge is 0.444 e. The number of imidazole rings is 1. The highest BCUT2D eigenvalue weighted by Crippen LogP contribution is 2.16. The minimum absolute atomic E-state index is 0.306. The molecule has 0 aliphatic rings. The van der Waals surface area contributed by atoms with Crippen LogP contribution in [-0.4, -0.2) is 33.3 Å². The molecule has 0 aliphatic heterocycles. The van der Waals surface area contributed by atoms with Crippen LogP contribution in [0.5, 0.6) is 0 Å². The van der Waals surface area contributed by atoms with Crippen molar-refractivity contribution in [1.82, 2.24) is 20.2 Å². The van der Waals surface area contributed by atoms with Gasteiger partial charge in [0.15, 0.2) is 0 Å². The van der Waals surface area contributed by atoms with E-state index in [4.69, 9.17) is 4.74 Å². The van der Waals surface area contributed by atoms with Crippen LogP contribution in [0.4, 0.5) is 4.79 Å². The lowest BCUT2D eigenvalue weighted by Gasteiger charge is -2.34. The lowest BCUT2D eigenvalue weighted by molar-refractivity contribution is 0.0445. The van der Waals surface area contributed by atoms with E-state index < -0.39 is 5.60 Å². The Hall–Kier alpha value is -1.56. The Kier molecular flexibility index (Phi) is 7.06. The van der Waals surface area contributed by atoms with Gasteiger partial charge in [0.05, 0.1) is 17.6 Å². The molecular formula is C17H32N4O2. The predicted octanol–water partition coefficient (Wildman–Crippen LogP) is 3.08. The highest BCUT2D eigenvalue weighted by molar-refractivity contribution is 5.68. The van der Waals surface area contributed by atoms with Crippen molar-refractivity contribution in [2.45, 2.75) is 78.6 Å². The number of carbonyl (C=O) groups is 1. The molecule has 6 heteroatoms. The van der Waals surface area contributed by atoms with Crippen LogP contribution in [0.1, 0.15) is 60.1 Å². The molecule has 132 valence electrons. The summed E-state index contributed by atoms with van der Waals surface area (Å²) in [5.74, 6) is 0. The van der Waals surface area contributed by atoms with Gasteiger partial charge < -0.3 is 19.9 Å². The third-order valence-electron chi connectivity index (χ3n) is 4.03. The van der Waals surface area contributed by atoms with Gasteiger partial charge in [0, 0.05) is 25.8 Å². The van der Waals surface area contributed by atoms with Crippen molar-refractivity contribution in [2.75, 3.05) is 6.54 Å². The first-order valence-electron chi connectivity index (χ1n) is 8.46. The van der Waals surface area contributed by atoms with Crippen molar-refractivity contribution in [2.24, 2.45) is 0 Å². The number of hydrogen-bond donors (Lipinski definition) is 2. The lowest BCUT2D eigenvalue weighted by atomic mass is 9.93. The molecule has 1 amide bonds. The molecular weight excluding hydrogens is 292 g/mol. The van der Waals surface area contributed by atoms with Crippen molar-refractivity contribution < 1.29 is 9.53 Å². The second-order valence-corrected chi connectivity index (χ2v) is 6.89. The van der Waals surface area contributed by atoms with E-state index in [0.717, 1.165) is 31.6 Å². The molecule has 2 N–H and O–H groups in total. The fourth-order valence-corrected chi connectivity index (χ4v) is 2.45. The summed E-state index contributed by atoms with van der Waals surface area (Å²) in [5.41, 5.74) is 0.350. The van der Waals surface area contributed by atoms with Crippen LogP contribution < -0.4 is 10.6 Å². The smallest absolute Gasteiger partial charge is 0.408 e. The Morgan fingerprint density at radius 2 is 1.91 bits per heavy atom. The number of aromatic nitrogens is 2. The first-order chi connectivity index (χ1) is 10.7. The van der Waals surface area contributed by atoms with Crippen molar-refractivity contribution in [1.29, 1.82) is 0 Å². The molecule has 0 unspecified atom stereocenters. The quantitative estimate of drug-likeness (QED) is 0.771. The van der Waals surface area contributed by atoms with Gasteiger partial charge in [-0.2, -0.15) is 0 Å². The van der Waals surface area contributed by atoms with Crippen LogP contribution in [0.25, 0.3) is 0 Å². The summed E-state index contributed by atoms with van der Waals surface area (Å²) < 4.78 is 7.50. The molecule has 1 rings (SSSR count). The van der Waals surface area contributed by atoms with Crippen molar-refractivity contribution >= 4 is 6.09 Å². The zero-order chi connectivity index (χ0) is 17.5. The van der Waals surface area contributed by atoms with E-state index in [1.165, 1.54) is 0 Å². The SMILES string of the molecule is CCn1cncc1CNCC(CC)(CC)NC(=O)OC(C)(C)C. The second-order valence-electron chi connectivity index (χ2n) is 6.89. The number of rotatable bonds is 8. The molecule has 0 radical (unpaired) electrons. The molecule has 0 aliphatic carbocycles. The molecule has 6 nitrogen and oxygen atoms in total. The Labute approximate surface area is 140 Å². The van der Waals surface area contributed by atoms with Crippen LogP contribution in [0.3, 0.4) is 0 Å². The number of amides is 1. The van der Waals surface area contributed by atoms with Gasteiger partial charge in [-0.05, 0) is 40.5 Å². The maximum atomic E-state index is 12.1. The van der Waals surface area contributed by atoms with Gasteiger partial charge in [-0.25, -0.2) is 9.78 Å². The van der Waals surface area contributed by atoms with E-state index >= 15 is 0 Å². The Bertz CT molecular complexity index is 487. The molecule has 23 heavy (non-hydrogen) atoms. The highest BCUT2D eigenvalue weighted by atomic mass is 16.6. The topological polar surface area (TPSA) is 68.2 Å². The first kappa shape index (κ1) is 19.5. The molecule has 0 aromatic carbocycles. The Morgan fingerprint density at radius 3 is 2.43 bits per heavy atom. The minimum atomic E-state index is -0.488. The molecule has 0 bridgehead atoms. The fourth-order valence-electron chi connectivity index (χ4n) is 2.45. The number of nitrogens with one attached hydrogen (secondary N) is 2. The van der Waals surface area contributed by atoms with Gasteiger partial charge in [-0.1, -0.05) is 13.8 Å². The summed E-state index contributed by atoms with van der Waals surface area (Å²) in [4.78, 5) is 16.3. The Balaban J connectivity index is 2.61. The lowest BCUT2D eigenvalue weighted by Crippen LogP contribution is -2.55. The first-order valence-corrected chi connectivity index (χ1v) is 8.46. The molecule has 0 saturated heterocycles. The van der Waals surface area contributed by atoms with Crippen LogP contribution in [0, 0.1) is 0 Å². The van der Waals surface area contributed by atoms with E-state index in [-0.39, 0.29) is 11.6 Å². The van der Waals surface area contributed by atoms with Crippen LogP contribution in [0.15, 0.2) is 12.5 Å². The predicted molar refractivity (Wildman–Crippen MR) is 92.3 cm³/mol. The summed E-state index contributed by atoms with van der Waals surface area (Å²) in [6.07, 6.45) is 5.02. The number of alkyl carbamates (subject to hydrolysis) is 1. The maximum Gasteiger partial charge on any atom is 0.408 e. The molecule has 1 heterocycles. The van der Waals surface area contributed by atoms with Crippen LogP contribution in [0.2, 0.25) is 0 Å². The maximum absolute atomic E-state index is 12.1. The van der Waals surface area contributed by atoms with E-state index in [0.29, 0.717) is 6.54 Å². The summed E-state index contributed by atoms with van der Waals surface area (Å²) >= 11 is 0. The number of aryl methyl sites for hydroxylation is 1. The molecule has 0 spiro atoms. The number of hydrogen-bond acceptors (Lipinski definition) is 4. The third kappa shape index (κ3) is 6.22. The van der Waals surface area contributed by atoms with Gasteiger partial charge >= 0.3 is 6.09 Å².